The molecule has 20 heavy (non-hydrogen) atoms. The van der Waals surface area contributed by atoms with Gasteiger partial charge in [-0.2, -0.15) is 0 Å². The van der Waals surface area contributed by atoms with Crippen LogP contribution in [0.25, 0.3) is 0 Å². The molecule has 1 fully saturated rings. The van der Waals surface area contributed by atoms with Crippen LogP contribution in [-0.4, -0.2) is 18.1 Å². The first-order valence-corrected chi connectivity index (χ1v) is 7.32. The number of aromatic nitrogens is 1. The maximum absolute atomic E-state index is 4.55. The van der Waals surface area contributed by atoms with Gasteiger partial charge in [-0.3, -0.25) is 0 Å². The van der Waals surface area contributed by atoms with Crippen molar-refractivity contribution in [3.05, 3.63) is 53.7 Å². The Morgan fingerprint density at radius 2 is 2.00 bits per heavy atom. The Morgan fingerprint density at radius 1 is 1.15 bits per heavy atom. The van der Waals surface area contributed by atoms with Gasteiger partial charge in [0.15, 0.2) is 5.82 Å². The van der Waals surface area contributed by atoms with Crippen molar-refractivity contribution in [2.45, 2.75) is 26.3 Å². The Bertz CT molecular complexity index is 574. The minimum atomic E-state index is 0.841. The van der Waals surface area contributed by atoms with Crippen LogP contribution in [0, 0.1) is 6.92 Å². The second-order valence-corrected chi connectivity index (χ2v) is 5.41. The number of anilines is 2. The van der Waals surface area contributed by atoms with Crippen molar-refractivity contribution < 1.29 is 0 Å². The molecule has 3 nitrogen and oxygen atoms in total. The smallest absolute Gasteiger partial charge is 0.151 e. The van der Waals surface area contributed by atoms with E-state index >= 15 is 0 Å². The van der Waals surface area contributed by atoms with E-state index in [0.717, 1.165) is 31.1 Å². The molecule has 2 heterocycles. The lowest BCUT2D eigenvalue weighted by atomic mass is 10.1. The zero-order valence-corrected chi connectivity index (χ0v) is 12.0. The molecule has 0 aliphatic carbocycles. The number of rotatable bonds is 4. The van der Waals surface area contributed by atoms with Gasteiger partial charge in [-0.1, -0.05) is 29.8 Å². The highest BCUT2D eigenvalue weighted by Gasteiger charge is 2.16. The summed E-state index contributed by atoms with van der Waals surface area (Å²) in [5.74, 6) is 1.10. The van der Waals surface area contributed by atoms with Gasteiger partial charge in [0, 0.05) is 25.8 Å². The van der Waals surface area contributed by atoms with Crippen molar-refractivity contribution in [3.8, 4) is 0 Å². The zero-order valence-electron chi connectivity index (χ0n) is 12.0. The van der Waals surface area contributed by atoms with Crippen molar-refractivity contribution in [1.29, 1.82) is 0 Å². The average molecular weight is 267 g/mol. The normalized spacial score (nSPS) is 14.6. The molecular formula is C17H21N3. The molecule has 1 saturated heterocycles. The van der Waals surface area contributed by atoms with Crippen LogP contribution in [0.5, 0.6) is 0 Å². The van der Waals surface area contributed by atoms with Crippen LogP contribution in [0.3, 0.4) is 0 Å². The minimum Gasteiger partial charge on any atom is -0.378 e. The molecule has 3 heteroatoms. The third-order valence-electron chi connectivity index (χ3n) is 3.76. The van der Waals surface area contributed by atoms with Gasteiger partial charge in [0.05, 0.1) is 5.69 Å². The summed E-state index contributed by atoms with van der Waals surface area (Å²) in [6.07, 6.45) is 4.42. The van der Waals surface area contributed by atoms with Crippen molar-refractivity contribution in [1.82, 2.24) is 4.98 Å². The van der Waals surface area contributed by atoms with E-state index in [2.05, 4.69) is 52.5 Å². The molecule has 0 atom stereocenters. The van der Waals surface area contributed by atoms with Crippen LogP contribution in [0.1, 0.15) is 24.0 Å². The van der Waals surface area contributed by atoms with Crippen LogP contribution in [0.15, 0.2) is 42.6 Å². The number of hydrogen-bond acceptors (Lipinski definition) is 3. The molecule has 0 unspecified atom stereocenters. The van der Waals surface area contributed by atoms with E-state index in [1.165, 1.54) is 24.0 Å². The highest BCUT2D eigenvalue weighted by Crippen LogP contribution is 2.26. The average Bonchev–Trinajstić information content (AvgIpc) is 3.00. The van der Waals surface area contributed by atoms with Crippen molar-refractivity contribution in [3.63, 3.8) is 0 Å². The van der Waals surface area contributed by atoms with Gasteiger partial charge < -0.3 is 10.2 Å². The lowest BCUT2D eigenvalue weighted by molar-refractivity contribution is 0.934. The largest absolute Gasteiger partial charge is 0.378 e. The SMILES string of the molecule is Cc1cccc(CNc2cccnc2N2CCCC2)c1. The predicted molar refractivity (Wildman–Crippen MR) is 84.2 cm³/mol. The first-order valence-electron chi connectivity index (χ1n) is 7.32. The summed E-state index contributed by atoms with van der Waals surface area (Å²) in [6.45, 7) is 5.21. The third kappa shape index (κ3) is 2.93. The summed E-state index contributed by atoms with van der Waals surface area (Å²) in [7, 11) is 0. The fourth-order valence-electron chi connectivity index (χ4n) is 2.74. The summed E-state index contributed by atoms with van der Waals surface area (Å²) in [5.41, 5.74) is 3.74. The molecule has 1 aromatic heterocycles. The molecule has 0 bridgehead atoms. The Kier molecular flexibility index (Phi) is 3.86. The van der Waals surface area contributed by atoms with Crippen LogP contribution in [-0.2, 0) is 6.54 Å². The lowest BCUT2D eigenvalue weighted by Gasteiger charge is -2.20. The Balaban J connectivity index is 1.74. The zero-order chi connectivity index (χ0) is 13.8. The molecule has 0 amide bonds. The predicted octanol–water partition coefficient (Wildman–Crippen LogP) is 3.60. The molecule has 0 radical (unpaired) electrons. The maximum Gasteiger partial charge on any atom is 0.151 e. The number of nitrogens with one attached hydrogen (secondary N) is 1. The number of benzene rings is 1. The van der Waals surface area contributed by atoms with Gasteiger partial charge in [-0.05, 0) is 37.5 Å². The van der Waals surface area contributed by atoms with Crippen LogP contribution in [0.4, 0.5) is 11.5 Å². The van der Waals surface area contributed by atoms with E-state index in [0.29, 0.717) is 0 Å². The molecule has 3 rings (SSSR count). The maximum atomic E-state index is 4.55. The monoisotopic (exact) mass is 267 g/mol. The van der Waals surface area contributed by atoms with Crippen molar-refractivity contribution in [2.75, 3.05) is 23.3 Å². The molecule has 104 valence electrons. The first kappa shape index (κ1) is 13.0. The second kappa shape index (κ2) is 5.95. The van der Waals surface area contributed by atoms with Gasteiger partial charge in [-0.25, -0.2) is 4.98 Å². The van der Waals surface area contributed by atoms with Crippen molar-refractivity contribution in [2.24, 2.45) is 0 Å². The Hall–Kier alpha value is -2.03. The quantitative estimate of drug-likeness (QED) is 0.917. The highest BCUT2D eigenvalue weighted by atomic mass is 15.2. The second-order valence-electron chi connectivity index (χ2n) is 5.41. The lowest BCUT2D eigenvalue weighted by Crippen LogP contribution is -2.20. The van der Waals surface area contributed by atoms with E-state index in [1.807, 2.05) is 12.3 Å². The van der Waals surface area contributed by atoms with E-state index in [9.17, 15) is 0 Å². The van der Waals surface area contributed by atoms with Crippen LogP contribution >= 0.6 is 0 Å². The van der Waals surface area contributed by atoms with Crippen molar-refractivity contribution >= 4 is 11.5 Å². The van der Waals surface area contributed by atoms with Crippen LogP contribution < -0.4 is 10.2 Å². The third-order valence-corrected chi connectivity index (χ3v) is 3.76. The summed E-state index contributed by atoms with van der Waals surface area (Å²) in [5, 5.41) is 3.53. The van der Waals surface area contributed by atoms with E-state index in [4.69, 9.17) is 0 Å². The number of nitrogens with zero attached hydrogens (tertiary/aromatic N) is 2. The highest BCUT2D eigenvalue weighted by molar-refractivity contribution is 5.65. The number of hydrogen-bond donors (Lipinski definition) is 1. The van der Waals surface area contributed by atoms with Gasteiger partial charge >= 0.3 is 0 Å². The molecule has 0 spiro atoms. The molecule has 1 aliphatic rings. The number of aryl methyl sites for hydroxylation is 1. The molecular weight excluding hydrogens is 246 g/mol. The molecule has 1 N–H and O–H groups in total. The summed E-state index contributed by atoms with van der Waals surface area (Å²) < 4.78 is 0. The molecule has 0 saturated carbocycles. The summed E-state index contributed by atoms with van der Waals surface area (Å²) in [6, 6.07) is 12.7. The standard InChI is InChI=1S/C17H21N3/c1-14-6-4-7-15(12-14)13-19-16-8-5-9-18-17(16)20-10-2-3-11-20/h4-9,12,19H,2-3,10-11,13H2,1H3. The minimum absolute atomic E-state index is 0.841. The van der Waals surface area contributed by atoms with E-state index in [1.54, 1.807) is 0 Å². The van der Waals surface area contributed by atoms with E-state index < -0.39 is 0 Å². The van der Waals surface area contributed by atoms with Gasteiger partial charge in [0.25, 0.3) is 0 Å². The first-order chi connectivity index (χ1) is 9.83. The van der Waals surface area contributed by atoms with Gasteiger partial charge in [-0.15, -0.1) is 0 Å². The summed E-state index contributed by atoms with van der Waals surface area (Å²) >= 11 is 0. The topological polar surface area (TPSA) is 28.2 Å². The Labute approximate surface area is 120 Å². The molecule has 1 aromatic carbocycles. The molecule has 2 aromatic rings. The van der Waals surface area contributed by atoms with Gasteiger partial charge in [0.2, 0.25) is 0 Å². The fraction of sp³-hybridized carbons (Fsp3) is 0.353. The summed E-state index contributed by atoms with van der Waals surface area (Å²) in [4.78, 5) is 6.93. The molecule has 1 aliphatic heterocycles. The van der Waals surface area contributed by atoms with E-state index in [-0.39, 0.29) is 0 Å². The Morgan fingerprint density at radius 3 is 2.80 bits per heavy atom. The van der Waals surface area contributed by atoms with Gasteiger partial charge in [0.1, 0.15) is 0 Å². The van der Waals surface area contributed by atoms with Crippen LogP contribution in [0.2, 0.25) is 0 Å². The fourth-order valence-corrected chi connectivity index (χ4v) is 2.74. The number of pyridine rings is 1.